The summed E-state index contributed by atoms with van der Waals surface area (Å²) in [6, 6.07) is 0. The molecule has 0 rings (SSSR count). The number of rotatable bonds is 2. The quantitative estimate of drug-likeness (QED) is 0.464. The van der Waals surface area contributed by atoms with Crippen LogP contribution in [0.5, 0.6) is 0 Å². The van der Waals surface area contributed by atoms with E-state index in [4.69, 9.17) is 0 Å². The molecule has 0 aromatic carbocycles. The van der Waals surface area contributed by atoms with Crippen LogP contribution in [0.3, 0.4) is 0 Å². The Kier molecular flexibility index (Phi) is 2.73. The van der Waals surface area contributed by atoms with Crippen LogP contribution in [0.4, 0.5) is 0 Å². The van der Waals surface area contributed by atoms with E-state index < -0.39 is 0 Å². The molecular weight excluding hydrogens is 84.1 g/mol. The van der Waals surface area contributed by atoms with Crippen molar-refractivity contribution in [3.8, 4) is 0 Å². The fourth-order valence-electron chi connectivity index (χ4n) is 0.595. The highest BCUT2D eigenvalue weighted by Crippen LogP contribution is 2.05. The molecule has 1 radical (unpaired) electrons. The Morgan fingerprint density at radius 1 is 1.71 bits per heavy atom. The van der Waals surface area contributed by atoms with Gasteiger partial charge in [0, 0.05) is 0 Å². The van der Waals surface area contributed by atoms with Crippen LogP contribution in [0.15, 0.2) is 12.2 Å². The highest BCUT2D eigenvalue weighted by molar-refractivity contribution is 4.89. The van der Waals surface area contributed by atoms with Gasteiger partial charge >= 0.3 is 0 Å². The molecule has 0 aliphatic heterocycles. The summed E-state index contributed by atoms with van der Waals surface area (Å²) in [6.45, 7) is 11.7. The molecule has 0 fully saturated rings. The van der Waals surface area contributed by atoms with E-state index in [2.05, 4.69) is 20.4 Å². The van der Waals surface area contributed by atoms with Crippen LogP contribution in [0.1, 0.15) is 20.3 Å². The van der Waals surface area contributed by atoms with Gasteiger partial charge in [-0.15, -0.1) is 6.58 Å². The van der Waals surface area contributed by atoms with E-state index in [1.54, 1.807) is 0 Å². The first-order valence-corrected chi connectivity index (χ1v) is 2.60. The number of allylic oxidation sites excluding steroid dienone is 1. The third kappa shape index (κ3) is 5.74. The van der Waals surface area contributed by atoms with Gasteiger partial charge in [-0.2, -0.15) is 0 Å². The minimum absolute atomic E-state index is 0.525. The number of hydrogen-bond acceptors (Lipinski definition) is 0. The molecule has 0 aliphatic rings. The van der Waals surface area contributed by atoms with Gasteiger partial charge in [0.15, 0.2) is 0 Å². The molecule has 7 heavy (non-hydrogen) atoms. The van der Waals surface area contributed by atoms with E-state index in [-0.39, 0.29) is 0 Å². The molecule has 1 unspecified atom stereocenters. The SMILES string of the molecule is [CH2]C(C)CC(=C)C. The molecule has 1 atom stereocenters. The number of hydrogen-bond donors (Lipinski definition) is 0. The van der Waals surface area contributed by atoms with Crippen LogP contribution in [-0.4, -0.2) is 0 Å². The van der Waals surface area contributed by atoms with Gasteiger partial charge in [0.05, 0.1) is 0 Å². The van der Waals surface area contributed by atoms with Crippen molar-refractivity contribution in [1.29, 1.82) is 0 Å². The first kappa shape index (κ1) is 6.74. The summed E-state index contributed by atoms with van der Waals surface area (Å²) in [6.07, 6.45) is 1.06. The summed E-state index contributed by atoms with van der Waals surface area (Å²) in [5.74, 6) is 0.525. The third-order valence-corrected chi connectivity index (χ3v) is 0.697. The Labute approximate surface area is 46.2 Å². The average Bonchev–Trinajstić information content (AvgIpc) is 1.27. The summed E-state index contributed by atoms with van der Waals surface area (Å²) < 4.78 is 0. The topological polar surface area (TPSA) is 0 Å². The largest absolute Gasteiger partial charge is 0.100 e. The zero-order chi connectivity index (χ0) is 5.86. The van der Waals surface area contributed by atoms with Crippen LogP contribution in [0.25, 0.3) is 0 Å². The highest BCUT2D eigenvalue weighted by atomic mass is 14.0. The molecule has 0 heterocycles. The molecule has 41 valence electrons. The lowest BCUT2D eigenvalue weighted by Gasteiger charge is -1.99. The van der Waals surface area contributed by atoms with Crippen molar-refractivity contribution in [3.63, 3.8) is 0 Å². The fourth-order valence-corrected chi connectivity index (χ4v) is 0.595. The normalized spacial score (nSPS) is 9.71. The Hall–Kier alpha value is -0.260. The molecule has 0 aromatic rings. The molecule has 0 N–H and O–H groups in total. The predicted molar refractivity (Wildman–Crippen MR) is 34.0 cm³/mol. The van der Waals surface area contributed by atoms with Gasteiger partial charge in [0.25, 0.3) is 0 Å². The second-order valence-corrected chi connectivity index (χ2v) is 2.27. The minimum Gasteiger partial charge on any atom is -0.100 e. The molecule has 0 heteroatoms. The van der Waals surface area contributed by atoms with Crippen molar-refractivity contribution < 1.29 is 0 Å². The molecule has 0 saturated carbocycles. The van der Waals surface area contributed by atoms with E-state index in [0.717, 1.165) is 6.42 Å². The maximum absolute atomic E-state index is 3.82. The van der Waals surface area contributed by atoms with Gasteiger partial charge in [0.2, 0.25) is 0 Å². The van der Waals surface area contributed by atoms with Gasteiger partial charge in [-0.1, -0.05) is 19.4 Å². The second kappa shape index (κ2) is 2.84. The maximum atomic E-state index is 3.82. The lowest BCUT2D eigenvalue weighted by atomic mass is 10.1. The average molecular weight is 97.2 g/mol. The van der Waals surface area contributed by atoms with Crippen molar-refractivity contribution in [1.82, 2.24) is 0 Å². The first-order valence-electron chi connectivity index (χ1n) is 2.60. The van der Waals surface area contributed by atoms with Crippen LogP contribution in [-0.2, 0) is 0 Å². The zero-order valence-electron chi connectivity index (χ0n) is 5.20. The van der Waals surface area contributed by atoms with Crippen molar-refractivity contribution in [2.45, 2.75) is 20.3 Å². The minimum atomic E-state index is 0.525. The molecule has 0 nitrogen and oxygen atoms in total. The van der Waals surface area contributed by atoms with Crippen molar-refractivity contribution in [3.05, 3.63) is 19.1 Å². The summed E-state index contributed by atoms with van der Waals surface area (Å²) in [5.41, 5.74) is 1.22. The summed E-state index contributed by atoms with van der Waals surface area (Å²) >= 11 is 0. The Bertz CT molecular complexity index is 60.4. The van der Waals surface area contributed by atoms with E-state index in [0.29, 0.717) is 5.92 Å². The summed E-state index contributed by atoms with van der Waals surface area (Å²) in [7, 11) is 0. The smallest absolute Gasteiger partial charge is 0.0300 e. The molecule has 0 bridgehead atoms. The van der Waals surface area contributed by atoms with Gasteiger partial charge in [-0.3, -0.25) is 0 Å². The van der Waals surface area contributed by atoms with E-state index >= 15 is 0 Å². The highest BCUT2D eigenvalue weighted by Gasteiger charge is 1.90. The van der Waals surface area contributed by atoms with Gasteiger partial charge in [-0.05, 0) is 19.3 Å². The van der Waals surface area contributed by atoms with Crippen molar-refractivity contribution in [2.75, 3.05) is 0 Å². The zero-order valence-corrected chi connectivity index (χ0v) is 5.20. The van der Waals surface area contributed by atoms with Gasteiger partial charge in [0.1, 0.15) is 0 Å². The van der Waals surface area contributed by atoms with Crippen LogP contribution in [0.2, 0.25) is 0 Å². The molecule has 0 saturated heterocycles. The second-order valence-electron chi connectivity index (χ2n) is 2.27. The molecule has 0 amide bonds. The van der Waals surface area contributed by atoms with Crippen LogP contribution in [0, 0.1) is 12.8 Å². The lowest BCUT2D eigenvalue weighted by Crippen LogP contribution is -1.85. The van der Waals surface area contributed by atoms with E-state index in [1.807, 2.05) is 6.92 Å². The monoisotopic (exact) mass is 97.1 g/mol. The van der Waals surface area contributed by atoms with Crippen LogP contribution < -0.4 is 0 Å². The van der Waals surface area contributed by atoms with Crippen molar-refractivity contribution in [2.24, 2.45) is 5.92 Å². The summed E-state index contributed by atoms with van der Waals surface area (Å²) in [5, 5.41) is 0. The Morgan fingerprint density at radius 2 is 2.14 bits per heavy atom. The third-order valence-electron chi connectivity index (χ3n) is 0.697. The van der Waals surface area contributed by atoms with Crippen LogP contribution >= 0.6 is 0 Å². The Morgan fingerprint density at radius 3 is 2.14 bits per heavy atom. The molecule has 0 spiro atoms. The van der Waals surface area contributed by atoms with E-state index in [9.17, 15) is 0 Å². The van der Waals surface area contributed by atoms with E-state index in [1.165, 1.54) is 5.57 Å². The lowest BCUT2D eigenvalue weighted by molar-refractivity contribution is 0.714. The van der Waals surface area contributed by atoms with Gasteiger partial charge in [-0.25, -0.2) is 0 Å². The van der Waals surface area contributed by atoms with Crippen molar-refractivity contribution >= 4 is 0 Å². The van der Waals surface area contributed by atoms with Gasteiger partial charge < -0.3 is 0 Å². The molecular formula is C7H13. The standard InChI is InChI=1S/C7H13/c1-6(2)5-7(3)4/h6H,1,3,5H2,2,4H3. The Balaban J connectivity index is 3.13. The maximum Gasteiger partial charge on any atom is -0.0300 e. The summed E-state index contributed by atoms with van der Waals surface area (Å²) in [4.78, 5) is 0. The fraction of sp³-hybridized carbons (Fsp3) is 0.571. The predicted octanol–water partition coefficient (Wildman–Crippen LogP) is 2.42. The first-order chi connectivity index (χ1) is 3.13. The molecule has 0 aromatic heterocycles. The molecule has 0 aliphatic carbocycles.